The highest BCUT2D eigenvalue weighted by atomic mass is 16.6. The molecule has 0 bridgehead atoms. The second-order valence-electron chi connectivity index (χ2n) is 19.8. The van der Waals surface area contributed by atoms with Crippen LogP contribution in [0.2, 0.25) is 0 Å². The molecule has 1 aromatic rings. The molecule has 9 heteroatoms. The first-order valence-corrected chi connectivity index (χ1v) is 18.2. The third-order valence-electron chi connectivity index (χ3n) is 11.4. The molecule has 0 radical (unpaired) electrons. The van der Waals surface area contributed by atoms with Gasteiger partial charge in [-0.15, -0.1) is 0 Å². The molecule has 9 nitrogen and oxygen atoms in total. The number of carbonyl (C=O) groups is 2. The van der Waals surface area contributed by atoms with E-state index >= 15 is 0 Å². The molecule has 0 aromatic heterocycles. The molecule has 2 aliphatic heterocycles. The quantitative estimate of drug-likeness (QED) is 0.149. The van der Waals surface area contributed by atoms with Crippen LogP contribution in [0.5, 0.6) is 5.75 Å². The Morgan fingerprint density at radius 2 is 1.12 bits per heavy atom. The number of aromatic hydroxyl groups is 1. The summed E-state index contributed by atoms with van der Waals surface area (Å²) in [6.07, 6.45) is 3.31. The van der Waals surface area contributed by atoms with Crippen LogP contribution in [0.25, 0.3) is 0 Å². The summed E-state index contributed by atoms with van der Waals surface area (Å²) in [5.74, 6) is -3.67. The van der Waals surface area contributed by atoms with E-state index in [0.29, 0.717) is 55.2 Å². The third kappa shape index (κ3) is 8.31. The smallest absolute Gasteiger partial charge is 0.321 e. The number of carboxylic acid groups (broad SMARTS) is 1. The first-order chi connectivity index (χ1) is 21.9. The van der Waals surface area contributed by atoms with Crippen LogP contribution in [0, 0.1) is 17.8 Å². The lowest BCUT2D eigenvalue weighted by atomic mass is 9.58. The zero-order valence-corrected chi connectivity index (χ0v) is 33.2. The van der Waals surface area contributed by atoms with Crippen molar-refractivity contribution in [3.05, 3.63) is 28.8 Å². The molecule has 2 heterocycles. The Morgan fingerprint density at radius 3 is 1.41 bits per heavy atom. The average molecular weight is 689 g/mol. The topological polar surface area (TPSA) is 131 Å². The number of ether oxygens (including phenoxy) is 1. The minimum Gasteiger partial charge on any atom is -0.507 e. The molecule has 49 heavy (non-hydrogen) atoms. The lowest BCUT2D eigenvalue weighted by Gasteiger charge is -2.61. The molecule has 1 aromatic carbocycles. The van der Waals surface area contributed by atoms with Crippen molar-refractivity contribution >= 4 is 11.9 Å². The van der Waals surface area contributed by atoms with Crippen molar-refractivity contribution in [3.63, 3.8) is 0 Å². The number of rotatable bonds is 9. The van der Waals surface area contributed by atoms with Crippen LogP contribution in [-0.4, -0.2) is 70.4 Å². The molecule has 4 N–H and O–H groups in total. The number of phenolic OH excluding ortho intramolecular Hbond substituents is 1. The molecule has 0 amide bonds. The van der Waals surface area contributed by atoms with E-state index in [-0.39, 0.29) is 24.0 Å². The Labute approximate surface area is 296 Å². The van der Waals surface area contributed by atoms with E-state index < -0.39 is 56.4 Å². The van der Waals surface area contributed by atoms with Gasteiger partial charge in [0.2, 0.25) is 0 Å². The molecule has 3 rings (SSSR count). The summed E-state index contributed by atoms with van der Waals surface area (Å²) in [7, 11) is 0. The van der Waals surface area contributed by atoms with Crippen LogP contribution in [0.3, 0.4) is 0 Å². The molecule has 1 atom stereocenters. The van der Waals surface area contributed by atoms with Gasteiger partial charge in [0.1, 0.15) is 11.4 Å². The minimum atomic E-state index is -1.47. The van der Waals surface area contributed by atoms with E-state index in [1.54, 1.807) is 0 Å². The minimum absolute atomic E-state index is 0.0824. The normalized spacial score (nSPS) is 22.9. The Balaban J connectivity index is 2.21. The van der Waals surface area contributed by atoms with Crippen LogP contribution < -0.4 is 0 Å². The summed E-state index contributed by atoms with van der Waals surface area (Å²) in [4.78, 5) is 27.6. The summed E-state index contributed by atoms with van der Waals surface area (Å²) in [6, 6.07) is 3.66. The van der Waals surface area contributed by atoms with Gasteiger partial charge >= 0.3 is 11.9 Å². The highest BCUT2D eigenvalue weighted by molar-refractivity contribution is 5.94. The molecular formula is C40H68N2O7. The number of phenols is 1. The largest absolute Gasteiger partial charge is 0.507 e. The first-order valence-electron chi connectivity index (χ1n) is 18.2. The summed E-state index contributed by atoms with van der Waals surface area (Å²) in [5.41, 5.74) is -2.36. The van der Waals surface area contributed by atoms with Crippen molar-refractivity contribution in [2.24, 2.45) is 17.8 Å². The second kappa shape index (κ2) is 13.4. The third-order valence-corrected chi connectivity index (χ3v) is 11.4. The van der Waals surface area contributed by atoms with E-state index in [1.165, 1.54) is 10.1 Å². The average Bonchev–Trinajstić information content (AvgIpc) is 2.91. The fourth-order valence-electron chi connectivity index (χ4n) is 9.30. The molecule has 0 aliphatic carbocycles. The van der Waals surface area contributed by atoms with Crippen molar-refractivity contribution in [2.45, 2.75) is 187 Å². The fraction of sp³-hybridized carbons (Fsp3) is 0.800. The maximum Gasteiger partial charge on any atom is 0.321 e. The fourth-order valence-corrected chi connectivity index (χ4v) is 9.30. The standard InChI is InChI=1S/C40H68N2O7/c1-16-17-40(26-21-36(8,9)41(47)37(10,11)22-26,27-23-38(12,13)42(48)39(14,15)24-27)49-33(46)28(32(44)45)18-25-19-29(34(2,3)4)31(43)30(20-25)35(5,6)7/h19-20,26-28,43,47-48H,16-18,21-24H2,1-15H3,(H,44,45). The molecule has 0 spiro atoms. The second-order valence-corrected chi connectivity index (χ2v) is 19.8. The van der Waals surface area contributed by atoms with E-state index in [0.717, 1.165) is 0 Å². The van der Waals surface area contributed by atoms with Crippen LogP contribution in [0.1, 0.15) is 159 Å². The van der Waals surface area contributed by atoms with E-state index in [2.05, 4.69) is 6.92 Å². The Hall–Kier alpha value is -2.20. The van der Waals surface area contributed by atoms with E-state index in [4.69, 9.17) is 4.74 Å². The van der Waals surface area contributed by atoms with Gasteiger partial charge in [0.15, 0.2) is 5.92 Å². The van der Waals surface area contributed by atoms with Gasteiger partial charge in [-0.1, -0.05) is 67.0 Å². The summed E-state index contributed by atoms with van der Waals surface area (Å²) in [6.45, 7) is 30.0. The number of carbonyl (C=O) groups excluding carboxylic acids is 1. The van der Waals surface area contributed by atoms with Crippen molar-refractivity contribution in [3.8, 4) is 5.75 Å². The molecule has 2 fully saturated rings. The van der Waals surface area contributed by atoms with Crippen LogP contribution in [0.4, 0.5) is 0 Å². The van der Waals surface area contributed by atoms with Gasteiger partial charge in [0.05, 0.1) is 0 Å². The Kier molecular flexibility index (Phi) is 11.3. The van der Waals surface area contributed by atoms with Crippen molar-refractivity contribution in [2.75, 3.05) is 0 Å². The number of carboxylic acids is 1. The number of hydrogen-bond donors (Lipinski definition) is 4. The maximum atomic E-state index is 14.6. The summed E-state index contributed by atoms with van der Waals surface area (Å²) in [5, 5.41) is 47.3. The lowest BCUT2D eigenvalue weighted by molar-refractivity contribution is -0.289. The number of esters is 1. The molecular weight excluding hydrogens is 620 g/mol. The zero-order valence-electron chi connectivity index (χ0n) is 33.2. The Morgan fingerprint density at radius 1 is 0.776 bits per heavy atom. The van der Waals surface area contributed by atoms with E-state index in [1.807, 2.05) is 109 Å². The number of nitrogens with zero attached hydrogens (tertiary/aromatic N) is 2. The van der Waals surface area contributed by atoms with Crippen LogP contribution >= 0.6 is 0 Å². The van der Waals surface area contributed by atoms with Crippen molar-refractivity contribution < 1.29 is 35.0 Å². The molecule has 2 saturated heterocycles. The van der Waals surface area contributed by atoms with Crippen molar-refractivity contribution in [1.29, 1.82) is 0 Å². The van der Waals surface area contributed by atoms with Gasteiger partial charge in [0.25, 0.3) is 0 Å². The first kappa shape index (κ1) is 41.2. The Bertz CT molecular complexity index is 1270. The number of hydrogen-bond acceptors (Lipinski definition) is 8. The molecule has 2 aliphatic rings. The van der Waals surface area contributed by atoms with Gasteiger partial charge in [-0.05, 0) is 121 Å². The predicted octanol–water partition coefficient (Wildman–Crippen LogP) is 8.63. The number of piperidine rings is 2. The maximum absolute atomic E-state index is 14.6. The lowest BCUT2D eigenvalue weighted by Crippen LogP contribution is -2.67. The van der Waals surface area contributed by atoms with Crippen LogP contribution in [0.15, 0.2) is 12.1 Å². The molecule has 280 valence electrons. The van der Waals surface area contributed by atoms with Gasteiger partial charge in [0, 0.05) is 34.0 Å². The SMILES string of the molecule is CCCC(OC(=O)C(Cc1cc(C(C)(C)C)c(O)c(C(C)(C)C)c1)C(=O)O)(C1CC(C)(C)N(O)C(C)(C)C1)C1CC(C)(C)N(O)C(C)(C)C1. The highest BCUT2D eigenvalue weighted by Gasteiger charge is 2.60. The highest BCUT2D eigenvalue weighted by Crippen LogP contribution is 2.55. The van der Waals surface area contributed by atoms with Gasteiger partial charge < -0.3 is 25.4 Å². The summed E-state index contributed by atoms with van der Waals surface area (Å²) >= 11 is 0. The van der Waals surface area contributed by atoms with Gasteiger partial charge in [-0.25, -0.2) is 0 Å². The van der Waals surface area contributed by atoms with Crippen molar-refractivity contribution in [1.82, 2.24) is 10.1 Å². The monoisotopic (exact) mass is 689 g/mol. The van der Waals surface area contributed by atoms with Gasteiger partial charge in [-0.3, -0.25) is 9.59 Å². The number of benzene rings is 1. The van der Waals surface area contributed by atoms with E-state index in [9.17, 15) is 30.2 Å². The van der Waals surface area contributed by atoms with Gasteiger partial charge in [-0.2, -0.15) is 10.1 Å². The summed E-state index contributed by atoms with van der Waals surface area (Å²) < 4.78 is 6.85. The van der Waals surface area contributed by atoms with Crippen LogP contribution in [-0.2, 0) is 31.6 Å². The molecule has 0 saturated carbocycles. The molecule has 1 unspecified atom stereocenters. The number of aliphatic carboxylic acids is 1. The number of hydroxylamine groups is 4. The predicted molar refractivity (Wildman–Crippen MR) is 193 cm³/mol. The zero-order chi connectivity index (χ0) is 37.9.